The highest BCUT2D eigenvalue weighted by atomic mass is 16.1. The van der Waals surface area contributed by atoms with Gasteiger partial charge < -0.3 is 5.73 Å². The van der Waals surface area contributed by atoms with Crippen LogP contribution in [0.5, 0.6) is 0 Å². The molecule has 0 unspecified atom stereocenters. The van der Waals surface area contributed by atoms with E-state index in [2.05, 4.69) is 4.98 Å². The largest absolute Gasteiger partial charge is 0.384 e. The average Bonchev–Trinajstić information content (AvgIpc) is 2.66. The van der Waals surface area contributed by atoms with Crippen molar-refractivity contribution in [1.29, 1.82) is 0 Å². The van der Waals surface area contributed by atoms with E-state index in [1.165, 1.54) is 0 Å². The quantitative estimate of drug-likeness (QED) is 0.770. The van der Waals surface area contributed by atoms with Crippen molar-refractivity contribution < 1.29 is 13.7 Å². The second-order valence-electron chi connectivity index (χ2n) is 2.90. The minimum atomic E-state index is -3.48. The zero-order valence-electron chi connectivity index (χ0n) is 17.5. The number of nitrogens with zero attached hydrogens (tertiary/aromatic N) is 3. The standard InChI is InChI=1S/C10H14N4O/c1-6(2)14-7-4-9(11)12-5-8(7)13(3)10(14)15/h4-6H,1-3H3,(H2,11,12)/i1D3,2D3,3D3,6D. The van der Waals surface area contributed by atoms with Gasteiger partial charge in [0.25, 0.3) is 0 Å². The van der Waals surface area contributed by atoms with Crippen LogP contribution in [0.4, 0.5) is 5.82 Å². The van der Waals surface area contributed by atoms with Crippen molar-refractivity contribution in [2.45, 2.75) is 19.7 Å². The number of nitrogens with two attached hydrogens (primary N) is 1. The first-order valence-corrected chi connectivity index (χ1v) is 3.93. The van der Waals surface area contributed by atoms with Gasteiger partial charge in [0.2, 0.25) is 0 Å². The van der Waals surface area contributed by atoms with Crippen LogP contribution in [-0.4, -0.2) is 14.1 Å². The van der Waals surface area contributed by atoms with Crippen molar-refractivity contribution in [1.82, 2.24) is 14.1 Å². The Kier molecular flexibility index (Phi) is 0.699. The molecule has 80 valence electrons. The maximum Gasteiger partial charge on any atom is 0.329 e. The predicted octanol–water partition coefficient (Wildman–Crippen LogP) is 0.898. The van der Waals surface area contributed by atoms with Gasteiger partial charge in [0.05, 0.1) is 18.6 Å². The molecule has 0 bridgehead atoms. The van der Waals surface area contributed by atoms with Gasteiger partial charge in [-0.15, -0.1) is 0 Å². The highest BCUT2D eigenvalue weighted by molar-refractivity contribution is 5.77. The molecule has 0 saturated carbocycles. The van der Waals surface area contributed by atoms with Crippen molar-refractivity contribution in [2.75, 3.05) is 5.73 Å². The fraction of sp³-hybridized carbons (Fsp3) is 0.400. The Bertz CT molecular complexity index is 857. The second kappa shape index (κ2) is 3.12. The van der Waals surface area contributed by atoms with Crippen LogP contribution in [0.25, 0.3) is 11.0 Å². The fourth-order valence-corrected chi connectivity index (χ4v) is 1.33. The van der Waals surface area contributed by atoms with Crippen molar-refractivity contribution in [3.63, 3.8) is 0 Å². The normalized spacial score (nSPS) is 24.5. The predicted molar refractivity (Wildman–Crippen MR) is 59.8 cm³/mol. The topological polar surface area (TPSA) is 65.8 Å². The van der Waals surface area contributed by atoms with Crippen LogP contribution in [0, 0.1) is 0 Å². The summed E-state index contributed by atoms with van der Waals surface area (Å²) < 4.78 is 75.9. The highest BCUT2D eigenvalue weighted by Gasteiger charge is 2.13. The Balaban J connectivity index is 3.12. The lowest BCUT2D eigenvalue weighted by molar-refractivity contribution is 0.583. The average molecular weight is 216 g/mol. The first-order valence-electron chi connectivity index (χ1n) is 8.93. The molecule has 0 amide bonds. The lowest BCUT2D eigenvalue weighted by Crippen LogP contribution is -2.23. The Hall–Kier alpha value is -1.78. The van der Waals surface area contributed by atoms with Crippen LogP contribution in [0.15, 0.2) is 17.1 Å². The van der Waals surface area contributed by atoms with Gasteiger partial charge in [-0.1, -0.05) is 0 Å². The molecule has 15 heavy (non-hydrogen) atoms. The first-order chi connectivity index (χ1) is 11.0. The maximum absolute atomic E-state index is 12.7. The third-order valence-corrected chi connectivity index (χ3v) is 1.97. The summed E-state index contributed by atoms with van der Waals surface area (Å²) in [7, 11) is 0. The van der Waals surface area contributed by atoms with Crippen molar-refractivity contribution >= 4 is 16.9 Å². The number of hydrogen-bond acceptors (Lipinski definition) is 3. The van der Waals surface area contributed by atoms with Crippen LogP contribution in [0.3, 0.4) is 0 Å². The van der Waals surface area contributed by atoms with Gasteiger partial charge in [-0.05, 0) is 13.7 Å². The van der Waals surface area contributed by atoms with Crippen LogP contribution in [-0.2, 0) is 6.98 Å². The molecule has 0 aliphatic carbocycles. The van der Waals surface area contributed by atoms with Crippen LogP contribution >= 0.6 is 0 Å². The smallest absolute Gasteiger partial charge is 0.329 e. The SMILES string of the molecule is [2H]C([2H])([2H])n1c(=O)n(C([2H])(C([2H])([2H])[2H])C([2H])([2H])[2H])c2cc(N)ncc21. The van der Waals surface area contributed by atoms with Crippen molar-refractivity contribution in [3.8, 4) is 0 Å². The number of nitrogen functional groups attached to an aromatic ring is 1. The molecule has 5 heteroatoms. The zero-order valence-corrected chi connectivity index (χ0v) is 7.48. The number of hydrogen-bond donors (Lipinski definition) is 1. The minimum Gasteiger partial charge on any atom is -0.384 e. The number of anilines is 1. The molecule has 0 atom stereocenters. The Morgan fingerprint density at radius 3 is 3.07 bits per heavy atom. The van der Waals surface area contributed by atoms with E-state index in [9.17, 15) is 4.79 Å². The van der Waals surface area contributed by atoms with E-state index in [-0.39, 0.29) is 20.5 Å². The van der Waals surface area contributed by atoms with Gasteiger partial charge in [0, 0.05) is 31.4 Å². The Morgan fingerprint density at radius 1 is 1.60 bits per heavy atom. The summed E-state index contributed by atoms with van der Waals surface area (Å²) in [4.78, 5) is 16.3. The van der Waals surface area contributed by atoms with Crippen LogP contribution < -0.4 is 11.4 Å². The number of pyridine rings is 1. The van der Waals surface area contributed by atoms with E-state index in [4.69, 9.17) is 19.4 Å². The molecule has 0 fully saturated rings. The lowest BCUT2D eigenvalue weighted by Gasteiger charge is -2.06. The first kappa shape index (κ1) is 3.37. The summed E-state index contributed by atoms with van der Waals surface area (Å²) in [6.45, 7) is -10.0. The zero-order chi connectivity index (χ0) is 19.6. The van der Waals surface area contributed by atoms with Gasteiger partial charge in [-0.3, -0.25) is 9.13 Å². The van der Waals surface area contributed by atoms with E-state index < -0.39 is 37.9 Å². The summed E-state index contributed by atoms with van der Waals surface area (Å²) in [6, 6.07) is -2.47. The van der Waals surface area contributed by atoms with Gasteiger partial charge in [-0.25, -0.2) is 9.78 Å². The summed E-state index contributed by atoms with van der Waals surface area (Å²) in [5.74, 6) is -0.206. The van der Waals surface area contributed by atoms with Crippen molar-refractivity contribution in [3.05, 3.63) is 22.7 Å². The summed E-state index contributed by atoms with van der Waals surface area (Å²) in [6.07, 6.45) is 0.911. The van der Waals surface area contributed by atoms with E-state index in [1.807, 2.05) is 0 Å². The van der Waals surface area contributed by atoms with Crippen LogP contribution in [0.2, 0.25) is 0 Å². The number of rotatable bonds is 1. The summed E-state index contributed by atoms with van der Waals surface area (Å²) >= 11 is 0. The molecular weight excluding hydrogens is 192 g/mol. The molecule has 0 saturated heterocycles. The van der Waals surface area contributed by atoms with Gasteiger partial charge in [0.1, 0.15) is 5.82 Å². The monoisotopic (exact) mass is 216 g/mol. The second-order valence-corrected chi connectivity index (χ2v) is 2.90. The van der Waals surface area contributed by atoms with Gasteiger partial charge in [0.15, 0.2) is 0 Å². The molecule has 0 aromatic carbocycles. The number of imidazole rings is 1. The summed E-state index contributed by atoms with van der Waals surface area (Å²) in [5, 5.41) is 0. The number of aromatic nitrogens is 3. The highest BCUT2D eigenvalue weighted by Crippen LogP contribution is 2.16. The Labute approximate surface area is 101 Å². The molecule has 0 spiro atoms. The fourth-order valence-electron chi connectivity index (χ4n) is 1.33. The van der Waals surface area contributed by atoms with Gasteiger partial charge >= 0.3 is 5.69 Å². The maximum atomic E-state index is 12.7. The molecule has 2 aromatic rings. The molecule has 0 aliphatic heterocycles. The Morgan fingerprint density at radius 2 is 2.40 bits per heavy atom. The number of aryl methyl sites for hydroxylation is 1. The third-order valence-electron chi connectivity index (χ3n) is 1.97. The minimum absolute atomic E-state index is 0.132. The molecule has 2 rings (SSSR count). The lowest BCUT2D eigenvalue weighted by atomic mass is 10.3. The molecule has 0 aliphatic rings. The molecule has 5 nitrogen and oxygen atoms in total. The van der Waals surface area contributed by atoms with Gasteiger partial charge in [-0.2, -0.15) is 0 Å². The third kappa shape index (κ3) is 1.31. The molecule has 2 N–H and O–H groups in total. The summed E-state index contributed by atoms with van der Waals surface area (Å²) in [5.41, 5.74) is 3.24. The van der Waals surface area contributed by atoms with Crippen molar-refractivity contribution in [2.24, 2.45) is 6.98 Å². The van der Waals surface area contributed by atoms with E-state index in [1.54, 1.807) is 0 Å². The molecule has 0 radical (unpaired) electrons. The van der Waals surface area contributed by atoms with E-state index in [0.29, 0.717) is 0 Å². The number of fused-ring (bicyclic) bond motifs is 1. The molecular formula is C10H14N4O. The van der Waals surface area contributed by atoms with Crippen LogP contribution in [0.1, 0.15) is 33.4 Å². The molecule has 2 aromatic heterocycles. The van der Waals surface area contributed by atoms with E-state index in [0.717, 1.165) is 12.3 Å². The van der Waals surface area contributed by atoms with E-state index >= 15 is 0 Å². The molecule has 2 heterocycles.